The number of hydrogen-bond donors (Lipinski definition) is 1. The summed E-state index contributed by atoms with van der Waals surface area (Å²) in [5, 5.41) is 11.4. The minimum atomic E-state index is -2.93. The highest BCUT2D eigenvalue weighted by Gasteiger charge is 2.23. The fraction of sp³-hybridized carbons (Fsp3) is 0.545. The van der Waals surface area contributed by atoms with Crippen molar-refractivity contribution >= 4 is 32.0 Å². The van der Waals surface area contributed by atoms with Crippen molar-refractivity contribution in [2.24, 2.45) is 0 Å². The first-order valence-corrected chi connectivity index (χ1v) is 8.81. The van der Waals surface area contributed by atoms with Gasteiger partial charge in [-0.1, -0.05) is 0 Å². The molecule has 19 heavy (non-hydrogen) atoms. The van der Waals surface area contributed by atoms with E-state index in [0.717, 1.165) is 10.7 Å². The van der Waals surface area contributed by atoms with Gasteiger partial charge in [0, 0.05) is 24.7 Å². The molecule has 104 valence electrons. The third-order valence-electron chi connectivity index (χ3n) is 3.34. The molecule has 2 aromatic heterocycles. The molecule has 1 N–H and O–H groups in total. The number of aliphatic hydroxyl groups is 1. The number of sulfone groups is 1. The van der Waals surface area contributed by atoms with Gasteiger partial charge in [-0.3, -0.25) is 4.40 Å². The van der Waals surface area contributed by atoms with Crippen molar-refractivity contribution in [1.82, 2.24) is 9.38 Å². The van der Waals surface area contributed by atoms with Gasteiger partial charge in [-0.25, -0.2) is 13.4 Å². The van der Waals surface area contributed by atoms with Crippen LogP contribution in [0.25, 0.3) is 4.96 Å². The Morgan fingerprint density at radius 1 is 1.37 bits per heavy atom. The van der Waals surface area contributed by atoms with Crippen LogP contribution < -0.4 is 4.90 Å². The largest absolute Gasteiger partial charge is 0.390 e. The lowest BCUT2D eigenvalue weighted by Crippen LogP contribution is -2.28. The number of aliphatic hydroxyl groups excluding tert-OH is 1. The van der Waals surface area contributed by atoms with Crippen LogP contribution in [0.2, 0.25) is 0 Å². The maximum Gasteiger partial charge on any atom is 0.195 e. The molecule has 3 rings (SSSR count). The molecule has 0 bridgehead atoms. The van der Waals surface area contributed by atoms with E-state index in [2.05, 4.69) is 4.98 Å². The Kier molecular flexibility index (Phi) is 3.23. The van der Waals surface area contributed by atoms with E-state index < -0.39 is 9.84 Å². The highest BCUT2D eigenvalue weighted by molar-refractivity contribution is 7.91. The van der Waals surface area contributed by atoms with Crippen LogP contribution in [0.5, 0.6) is 0 Å². The lowest BCUT2D eigenvalue weighted by atomic mass is 10.3. The zero-order valence-corrected chi connectivity index (χ0v) is 12.0. The fourth-order valence-corrected chi connectivity index (χ4v) is 4.37. The van der Waals surface area contributed by atoms with E-state index in [9.17, 15) is 13.5 Å². The van der Waals surface area contributed by atoms with Crippen molar-refractivity contribution < 1.29 is 13.5 Å². The van der Waals surface area contributed by atoms with Crippen LogP contribution in [-0.2, 0) is 16.4 Å². The van der Waals surface area contributed by atoms with Crippen LogP contribution >= 0.6 is 11.3 Å². The first-order valence-electron chi connectivity index (χ1n) is 6.11. The minimum Gasteiger partial charge on any atom is -0.390 e. The van der Waals surface area contributed by atoms with E-state index in [1.807, 2.05) is 20.9 Å². The van der Waals surface area contributed by atoms with E-state index in [1.54, 1.807) is 0 Å². The molecule has 0 unspecified atom stereocenters. The van der Waals surface area contributed by atoms with Crippen molar-refractivity contribution in [3.8, 4) is 0 Å². The molecule has 6 nitrogen and oxygen atoms in total. The predicted octanol–water partition coefficient (Wildman–Crippen LogP) is 0.513. The van der Waals surface area contributed by atoms with E-state index >= 15 is 0 Å². The van der Waals surface area contributed by atoms with Crippen molar-refractivity contribution in [2.45, 2.75) is 13.0 Å². The Bertz CT molecular complexity index is 689. The molecule has 0 spiro atoms. The summed E-state index contributed by atoms with van der Waals surface area (Å²) in [5.74, 6) is 1.11. The number of imidazole rings is 1. The first-order chi connectivity index (χ1) is 9.11. The van der Waals surface area contributed by atoms with Gasteiger partial charge >= 0.3 is 0 Å². The standard InChI is InChI=1S/C11H15N3O3S2/c15-8-9-10(12-11-14(9)3-5-18-11)13-2-1-6-19(16,17)7-4-13/h3,5,15H,1-2,4,6-8H2. The van der Waals surface area contributed by atoms with Gasteiger partial charge in [-0.05, 0) is 6.42 Å². The summed E-state index contributed by atoms with van der Waals surface area (Å²) >= 11 is 1.50. The van der Waals surface area contributed by atoms with Gasteiger partial charge < -0.3 is 10.0 Å². The second-order valence-electron chi connectivity index (χ2n) is 4.59. The first kappa shape index (κ1) is 12.9. The number of aromatic nitrogens is 2. The zero-order valence-electron chi connectivity index (χ0n) is 10.3. The molecule has 0 aromatic carbocycles. The summed E-state index contributed by atoms with van der Waals surface area (Å²) in [6.45, 7) is 1.01. The SMILES string of the molecule is O=S1(=O)CCCN(c2nc3sccn3c2CO)CC1. The second-order valence-corrected chi connectivity index (χ2v) is 7.76. The van der Waals surface area contributed by atoms with Crippen LogP contribution in [0, 0.1) is 0 Å². The summed E-state index contributed by atoms with van der Waals surface area (Å²) in [5.41, 5.74) is 0.732. The topological polar surface area (TPSA) is 74.9 Å². The third kappa shape index (κ3) is 2.35. The van der Waals surface area contributed by atoms with E-state index in [1.165, 1.54) is 11.3 Å². The smallest absolute Gasteiger partial charge is 0.195 e. The Balaban J connectivity index is 1.97. The molecule has 0 atom stereocenters. The number of fused-ring (bicyclic) bond motifs is 1. The Morgan fingerprint density at radius 3 is 3.00 bits per heavy atom. The van der Waals surface area contributed by atoms with Crippen molar-refractivity contribution in [1.29, 1.82) is 0 Å². The number of hydrogen-bond acceptors (Lipinski definition) is 6. The summed E-state index contributed by atoms with van der Waals surface area (Å²) in [6, 6.07) is 0. The van der Waals surface area contributed by atoms with Gasteiger partial charge in [0.05, 0.1) is 23.8 Å². The average Bonchev–Trinajstić information content (AvgIpc) is 2.88. The average molecular weight is 301 g/mol. The van der Waals surface area contributed by atoms with E-state index in [-0.39, 0.29) is 18.1 Å². The van der Waals surface area contributed by atoms with Crippen molar-refractivity contribution in [3.05, 3.63) is 17.3 Å². The molecule has 1 saturated heterocycles. The molecule has 0 aliphatic carbocycles. The number of thiazole rings is 1. The van der Waals surface area contributed by atoms with Crippen LogP contribution in [0.3, 0.4) is 0 Å². The summed E-state index contributed by atoms with van der Waals surface area (Å²) < 4.78 is 25.1. The molecule has 3 heterocycles. The Hall–Kier alpha value is -1.12. The van der Waals surface area contributed by atoms with Gasteiger partial charge in [-0.2, -0.15) is 0 Å². The molecule has 1 aliphatic rings. The lowest BCUT2D eigenvalue weighted by molar-refractivity contribution is 0.276. The van der Waals surface area contributed by atoms with Gasteiger partial charge in [-0.15, -0.1) is 11.3 Å². The van der Waals surface area contributed by atoms with Crippen molar-refractivity contribution in [2.75, 3.05) is 29.5 Å². The zero-order chi connectivity index (χ0) is 13.5. The minimum absolute atomic E-state index is 0.101. The lowest BCUT2D eigenvalue weighted by Gasteiger charge is -2.20. The highest BCUT2D eigenvalue weighted by Crippen LogP contribution is 2.25. The quantitative estimate of drug-likeness (QED) is 0.875. The predicted molar refractivity (Wildman–Crippen MR) is 74.5 cm³/mol. The van der Waals surface area contributed by atoms with E-state index in [0.29, 0.717) is 25.3 Å². The number of anilines is 1. The molecule has 0 saturated carbocycles. The van der Waals surface area contributed by atoms with E-state index in [4.69, 9.17) is 0 Å². The van der Waals surface area contributed by atoms with Crippen LogP contribution in [-0.4, -0.2) is 47.5 Å². The summed E-state index contributed by atoms with van der Waals surface area (Å²) in [4.78, 5) is 7.30. The molecule has 0 radical (unpaired) electrons. The fourth-order valence-electron chi connectivity index (χ4n) is 2.37. The third-order valence-corrected chi connectivity index (χ3v) is 5.82. The van der Waals surface area contributed by atoms with Crippen LogP contribution in [0.1, 0.15) is 12.1 Å². The van der Waals surface area contributed by atoms with Crippen LogP contribution in [0.15, 0.2) is 11.6 Å². The molecular formula is C11H15N3O3S2. The molecule has 1 fully saturated rings. The van der Waals surface area contributed by atoms with Crippen LogP contribution in [0.4, 0.5) is 5.82 Å². The van der Waals surface area contributed by atoms with Crippen molar-refractivity contribution in [3.63, 3.8) is 0 Å². The van der Waals surface area contributed by atoms with Gasteiger partial charge in [0.25, 0.3) is 0 Å². The second kappa shape index (κ2) is 4.77. The monoisotopic (exact) mass is 301 g/mol. The Morgan fingerprint density at radius 2 is 2.21 bits per heavy atom. The highest BCUT2D eigenvalue weighted by atomic mass is 32.2. The number of nitrogens with zero attached hydrogens (tertiary/aromatic N) is 3. The van der Waals surface area contributed by atoms with Gasteiger partial charge in [0.2, 0.25) is 0 Å². The normalized spacial score (nSPS) is 19.7. The maximum absolute atomic E-state index is 11.6. The Labute approximate surface area is 115 Å². The summed E-state index contributed by atoms with van der Waals surface area (Å²) in [7, 11) is -2.93. The molecule has 2 aromatic rings. The summed E-state index contributed by atoms with van der Waals surface area (Å²) in [6.07, 6.45) is 2.48. The molecular weight excluding hydrogens is 286 g/mol. The molecule has 8 heteroatoms. The molecule has 1 aliphatic heterocycles. The van der Waals surface area contributed by atoms with Gasteiger partial charge in [0.15, 0.2) is 20.6 Å². The molecule has 0 amide bonds. The number of rotatable bonds is 2. The van der Waals surface area contributed by atoms with Gasteiger partial charge in [0.1, 0.15) is 0 Å². The maximum atomic E-state index is 11.6.